The SMILES string of the molecule is COC(=O)CCC(CC(=O)C(CC(=O)OC)NC(=O)CCC(=O)CCCNc1cccc2ccccc12)C(=O)N[C@@H](C(=O)CC(CC(=O)OC)C(=O)C(F)(F)F)C(C)C. The highest BCUT2D eigenvalue weighted by atomic mass is 19.4. The van der Waals surface area contributed by atoms with Gasteiger partial charge in [0.25, 0.3) is 0 Å². The van der Waals surface area contributed by atoms with Gasteiger partial charge in [0.05, 0.1) is 46.3 Å². The molecule has 3 unspecified atom stereocenters. The van der Waals surface area contributed by atoms with E-state index in [0.29, 0.717) is 13.0 Å². The van der Waals surface area contributed by atoms with Crippen molar-refractivity contribution in [2.24, 2.45) is 17.8 Å². The zero-order chi connectivity index (χ0) is 44.3. The van der Waals surface area contributed by atoms with Crippen molar-refractivity contribution in [3.8, 4) is 0 Å². The van der Waals surface area contributed by atoms with Crippen LogP contribution in [0.1, 0.15) is 78.1 Å². The number of alkyl halides is 3. The maximum Gasteiger partial charge on any atom is 0.450 e. The number of carbonyl (C=O) groups excluding carboxylic acids is 9. The topological polar surface area (TPSA) is 217 Å². The quantitative estimate of drug-likeness (QED) is 0.0683. The van der Waals surface area contributed by atoms with Gasteiger partial charge in [-0.1, -0.05) is 50.2 Å². The van der Waals surface area contributed by atoms with E-state index in [1.165, 1.54) is 13.8 Å². The number of esters is 3. The van der Waals surface area contributed by atoms with Gasteiger partial charge in [0.15, 0.2) is 11.6 Å². The Morgan fingerprint density at radius 1 is 0.661 bits per heavy atom. The molecule has 0 bridgehead atoms. The van der Waals surface area contributed by atoms with E-state index in [-0.39, 0.29) is 31.5 Å². The number of hydrogen-bond acceptors (Lipinski definition) is 13. The molecule has 2 rings (SSSR count). The minimum Gasteiger partial charge on any atom is -0.469 e. The summed E-state index contributed by atoms with van der Waals surface area (Å²) in [5.74, 6) is -13.3. The Kier molecular flexibility index (Phi) is 20.4. The molecular formula is C41H52F3N3O12. The van der Waals surface area contributed by atoms with E-state index in [1.807, 2.05) is 42.5 Å². The molecule has 0 heterocycles. The molecule has 2 aromatic rings. The van der Waals surface area contributed by atoms with E-state index >= 15 is 0 Å². The number of methoxy groups -OCH3 is 3. The van der Waals surface area contributed by atoms with Crippen molar-refractivity contribution in [1.82, 2.24) is 10.6 Å². The third kappa shape index (κ3) is 17.0. The lowest BCUT2D eigenvalue weighted by atomic mass is 9.87. The Labute approximate surface area is 339 Å². The molecule has 0 aliphatic carbocycles. The number of rotatable bonds is 26. The first-order valence-corrected chi connectivity index (χ1v) is 19.0. The number of ketones is 4. The van der Waals surface area contributed by atoms with Crippen molar-refractivity contribution in [1.29, 1.82) is 0 Å². The molecule has 0 fully saturated rings. The molecule has 0 spiro atoms. The molecule has 0 saturated heterocycles. The summed E-state index contributed by atoms with van der Waals surface area (Å²) in [5.41, 5.74) is 0.914. The molecule has 4 atom stereocenters. The lowest BCUT2D eigenvalue weighted by Crippen LogP contribution is -2.49. The summed E-state index contributed by atoms with van der Waals surface area (Å²) < 4.78 is 53.7. The molecule has 0 aliphatic rings. The van der Waals surface area contributed by atoms with Gasteiger partial charge in [-0.05, 0) is 30.2 Å². The van der Waals surface area contributed by atoms with Crippen LogP contribution in [0.5, 0.6) is 0 Å². The lowest BCUT2D eigenvalue weighted by Gasteiger charge is -2.26. The van der Waals surface area contributed by atoms with Crippen LogP contribution >= 0.6 is 0 Å². The second-order valence-corrected chi connectivity index (χ2v) is 14.2. The number of fused-ring (bicyclic) bond motifs is 1. The number of benzene rings is 2. The Hall–Kier alpha value is -5.68. The number of anilines is 1. The van der Waals surface area contributed by atoms with Crippen LogP contribution in [0.25, 0.3) is 10.8 Å². The standard InChI is InChI=1S/C41H52F3N3O12/c1-24(2)38(33(50)21-27(22-36(53)58-4)39(55)41(42,43)44)47-40(56)26(15-18-35(52)57-3)20-32(49)31(23-37(54)59-5)46-34(51)17-16-28(48)12-9-19-45-30-14-8-11-25-10-6-7-13-29(25)30/h6-8,10-11,13-14,24,26-27,31,38,45H,9,12,15-23H2,1-5H3,(H,46,51)(H,47,56)/t26?,27?,31?,38-/m1/s1. The molecule has 0 aliphatic heterocycles. The van der Waals surface area contributed by atoms with E-state index in [2.05, 4.69) is 30.2 Å². The van der Waals surface area contributed by atoms with Gasteiger partial charge in [-0.25, -0.2) is 0 Å². The largest absolute Gasteiger partial charge is 0.469 e. The van der Waals surface area contributed by atoms with Crippen LogP contribution in [0.4, 0.5) is 18.9 Å². The van der Waals surface area contributed by atoms with Crippen molar-refractivity contribution < 1.29 is 70.5 Å². The van der Waals surface area contributed by atoms with Crippen LogP contribution in [0, 0.1) is 17.8 Å². The first-order chi connectivity index (χ1) is 27.8. The van der Waals surface area contributed by atoms with Gasteiger partial charge in [0, 0.05) is 68.0 Å². The van der Waals surface area contributed by atoms with E-state index in [9.17, 15) is 56.3 Å². The highest BCUT2D eigenvalue weighted by molar-refractivity contribution is 5.98. The smallest absolute Gasteiger partial charge is 0.450 e. The number of Topliss-reactive ketones (excluding diaryl/α,β-unsaturated/α-hetero) is 4. The molecule has 2 amide bonds. The van der Waals surface area contributed by atoms with Gasteiger partial charge in [0.2, 0.25) is 17.6 Å². The number of carbonyl (C=O) groups is 9. The van der Waals surface area contributed by atoms with Gasteiger partial charge >= 0.3 is 24.1 Å². The predicted octanol–water partition coefficient (Wildman–Crippen LogP) is 4.37. The van der Waals surface area contributed by atoms with E-state index in [0.717, 1.165) is 37.8 Å². The molecule has 59 heavy (non-hydrogen) atoms. The van der Waals surface area contributed by atoms with Gasteiger partial charge in [-0.2, -0.15) is 13.2 Å². The van der Waals surface area contributed by atoms with Crippen LogP contribution in [0.15, 0.2) is 42.5 Å². The van der Waals surface area contributed by atoms with Crippen molar-refractivity contribution in [2.75, 3.05) is 33.2 Å². The maximum atomic E-state index is 13.6. The van der Waals surface area contributed by atoms with Gasteiger partial charge in [0.1, 0.15) is 5.78 Å². The van der Waals surface area contributed by atoms with Crippen LogP contribution in [0.2, 0.25) is 0 Å². The van der Waals surface area contributed by atoms with Gasteiger partial charge in [-0.3, -0.25) is 43.2 Å². The lowest BCUT2D eigenvalue weighted by molar-refractivity contribution is -0.177. The number of ether oxygens (including phenoxy) is 3. The normalized spacial score (nSPS) is 13.3. The first-order valence-electron chi connectivity index (χ1n) is 19.0. The van der Waals surface area contributed by atoms with Gasteiger partial charge < -0.3 is 30.2 Å². The van der Waals surface area contributed by atoms with E-state index in [4.69, 9.17) is 0 Å². The third-order valence-electron chi connectivity index (χ3n) is 9.48. The summed E-state index contributed by atoms with van der Waals surface area (Å²) in [6, 6.07) is 10.6. The molecule has 0 saturated carbocycles. The third-order valence-corrected chi connectivity index (χ3v) is 9.48. The maximum absolute atomic E-state index is 13.6. The molecule has 324 valence electrons. The van der Waals surface area contributed by atoms with E-state index < -0.39 is 115 Å². The summed E-state index contributed by atoms with van der Waals surface area (Å²) in [4.78, 5) is 114. The Morgan fingerprint density at radius 2 is 1.27 bits per heavy atom. The zero-order valence-electron chi connectivity index (χ0n) is 33.7. The fourth-order valence-corrected chi connectivity index (χ4v) is 6.17. The fraction of sp³-hybridized carbons (Fsp3) is 0.537. The minimum atomic E-state index is -5.38. The summed E-state index contributed by atoms with van der Waals surface area (Å²) in [6.07, 6.45) is -9.42. The second kappa shape index (κ2) is 24.3. The Morgan fingerprint density at radius 3 is 1.90 bits per heavy atom. The van der Waals surface area contributed by atoms with Crippen molar-refractivity contribution >= 4 is 69.3 Å². The second-order valence-electron chi connectivity index (χ2n) is 14.2. The predicted molar refractivity (Wildman–Crippen MR) is 206 cm³/mol. The fourth-order valence-electron chi connectivity index (χ4n) is 6.17. The molecule has 0 radical (unpaired) electrons. The molecule has 2 aromatic carbocycles. The van der Waals surface area contributed by atoms with E-state index in [1.54, 1.807) is 0 Å². The average Bonchev–Trinajstić information content (AvgIpc) is 3.20. The Balaban J connectivity index is 2.12. The highest BCUT2D eigenvalue weighted by Crippen LogP contribution is 2.27. The zero-order valence-corrected chi connectivity index (χ0v) is 33.7. The van der Waals surface area contributed by atoms with Crippen molar-refractivity contribution in [3.63, 3.8) is 0 Å². The van der Waals surface area contributed by atoms with Gasteiger partial charge in [-0.15, -0.1) is 0 Å². The molecular weight excluding hydrogens is 783 g/mol. The number of nitrogens with one attached hydrogen (secondary N) is 3. The number of amides is 2. The Bertz CT molecular complexity index is 1830. The monoisotopic (exact) mass is 835 g/mol. The first kappa shape index (κ1) is 49.5. The van der Waals surface area contributed by atoms with Crippen LogP contribution in [-0.2, 0) is 57.4 Å². The van der Waals surface area contributed by atoms with Crippen molar-refractivity contribution in [3.05, 3.63) is 42.5 Å². The molecule has 15 nitrogen and oxygen atoms in total. The van der Waals surface area contributed by atoms with Crippen molar-refractivity contribution in [2.45, 2.75) is 96.3 Å². The highest BCUT2D eigenvalue weighted by Gasteiger charge is 2.45. The average molecular weight is 836 g/mol. The van der Waals surface area contributed by atoms with Crippen LogP contribution < -0.4 is 16.0 Å². The summed E-state index contributed by atoms with van der Waals surface area (Å²) in [7, 11) is 3.02. The summed E-state index contributed by atoms with van der Waals surface area (Å²) >= 11 is 0. The molecule has 3 N–H and O–H groups in total. The van der Waals surface area contributed by atoms with Crippen LogP contribution in [0.3, 0.4) is 0 Å². The number of halogens is 3. The minimum absolute atomic E-state index is 0.164. The van der Waals surface area contributed by atoms with Crippen LogP contribution in [-0.4, -0.2) is 99.0 Å². The molecule has 18 heteroatoms. The summed E-state index contributed by atoms with van der Waals surface area (Å²) in [5, 5.41) is 10.2. The summed E-state index contributed by atoms with van der Waals surface area (Å²) in [6.45, 7) is 3.40. The number of hydrogen-bond donors (Lipinski definition) is 3. The molecule has 0 aromatic heterocycles.